The predicted molar refractivity (Wildman–Crippen MR) is 96.4 cm³/mol. The topological polar surface area (TPSA) is 76.6 Å². The Morgan fingerprint density at radius 3 is 2.80 bits per heavy atom. The maximum atomic E-state index is 12.4. The summed E-state index contributed by atoms with van der Waals surface area (Å²) in [6.45, 7) is 0.361. The molecule has 0 spiro atoms. The normalized spacial score (nSPS) is 18.8. The second-order valence-corrected chi connectivity index (χ2v) is 9.24. The van der Waals surface area contributed by atoms with Crippen LogP contribution in [0.5, 0.6) is 5.75 Å². The summed E-state index contributed by atoms with van der Waals surface area (Å²) in [4.78, 5) is 18.3. The van der Waals surface area contributed by atoms with E-state index >= 15 is 0 Å². The Morgan fingerprint density at radius 2 is 2.12 bits per heavy atom. The van der Waals surface area contributed by atoms with Crippen LogP contribution in [0.25, 0.3) is 0 Å². The number of sulfone groups is 1. The van der Waals surface area contributed by atoms with E-state index in [-0.39, 0.29) is 29.9 Å². The highest BCUT2D eigenvalue weighted by Crippen LogP contribution is 2.19. The highest BCUT2D eigenvalue weighted by molar-refractivity contribution is 7.91. The third kappa shape index (κ3) is 4.79. The number of hydrogen-bond acceptors (Lipinski definition) is 6. The van der Waals surface area contributed by atoms with E-state index < -0.39 is 9.84 Å². The van der Waals surface area contributed by atoms with Gasteiger partial charge in [0.2, 0.25) is 5.91 Å². The van der Waals surface area contributed by atoms with Crippen LogP contribution in [0.15, 0.2) is 35.7 Å². The van der Waals surface area contributed by atoms with Gasteiger partial charge in [-0.25, -0.2) is 13.4 Å². The molecule has 25 heavy (non-hydrogen) atoms. The molecule has 2 heterocycles. The Bertz CT molecular complexity index is 833. The maximum absolute atomic E-state index is 12.4. The van der Waals surface area contributed by atoms with Crippen LogP contribution >= 0.6 is 11.3 Å². The van der Waals surface area contributed by atoms with Gasteiger partial charge in [0.25, 0.3) is 0 Å². The zero-order valence-corrected chi connectivity index (χ0v) is 15.6. The lowest BCUT2D eigenvalue weighted by Gasteiger charge is -2.23. The Kier molecular flexibility index (Phi) is 5.39. The van der Waals surface area contributed by atoms with E-state index in [4.69, 9.17) is 4.74 Å². The fourth-order valence-corrected chi connectivity index (χ4v) is 5.20. The molecule has 1 aliphatic heterocycles. The number of hydrogen-bond donors (Lipinski definition) is 0. The van der Waals surface area contributed by atoms with Crippen molar-refractivity contribution in [1.82, 2.24) is 9.88 Å². The molecule has 1 saturated heterocycles. The van der Waals surface area contributed by atoms with Crippen molar-refractivity contribution >= 4 is 27.1 Å². The van der Waals surface area contributed by atoms with Gasteiger partial charge in [0.15, 0.2) is 9.84 Å². The second-order valence-electron chi connectivity index (χ2n) is 6.07. The lowest BCUT2D eigenvalue weighted by Crippen LogP contribution is -2.38. The first-order chi connectivity index (χ1) is 11.9. The number of ether oxygens (including phenoxy) is 1. The number of thiazole rings is 1. The number of para-hydroxylation sites is 1. The van der Waals surface area contributed by atoms with Gasteiger partial charge in [-0.1, -0.05) is 18.2 Å². The highest BCUT2D eigenvalue weighted by atomic mass is 32.2. The summed E-state index contributed by atoms with van der Waals surface area (Å²) in [6, 6.07) is 9.26. The molecule has 8 heteroatoms. The molecule has 1 atom stereocenters. The van der Waals surface area contributed by atoms with Gasteiger partial charge in [-0.3, -0.25) is 4.79 Å². The summed E-state index contributed by atoms with van der Waals surface area (Å²) in [5, 5.41) is 2.65. The molecule has 0 radical (unpaired) electrons. The summed E-state index contributed by atoms with van der Waals surface area (Å²) >= 11 is 1.45. The largest absolute Gasteiger partial charge is 0.486 e. The van der Waals surface area contributed by atoms with Gasteiger partial charge in [-0.2, -0.15) is 0 Å². The maximum Gasteiger partial charge on any atom is 0.228 e. The molecule has 0 aliphatic carbocycles. The zero-order valence-electron chi connectivity index (χ0n) is 13.9. The first kappa shape index (κ1) is 17.9. The van der Waals surface area contributed by atoms with E-state index in [1.54, 1.807) is 11.9 Å². The van der Waals surface area contributed by atoms with Crippen LogP contribution in [0.4, 0.5) is 0 Å². The standard InChI is InChI=1S/C17H20N2O4S2/c1-19(14-7-8-25(21,22)12-14)17(20)9-13-11-24-16(18-13)10-23-15-5-3-2-4-6-15/h2-6,11,14H,7-10,12H2,1H3/t14-/m0/s1. The monoisotopic (exact) mass is 380 g/mol. The summed E-state index contributed by atoms with van der Waals surface area (Å²) in [6.07, 6.45) is 0.687. The average molecular weight is 380 g/mol. The minimum absolute atomic E-state index is 0.0580. The van der Waals surface area contributed by atoms with Crippen molar-refractivity contribution in [3.8, 4) is 5.75 Å². The molecule has 2 aromatic rings. The first-order valence-corrected chi connectivity index (χ1v) is 10.7. The van der Waals surface area contributed by atoms with Crippen molar-refractivity contribution in [1.29, 1.82) is 0 Å². The van der Waals surface area contributed by atoms with Gasteiger partial charge in [0, 0.05) is 18.5 Å². The van der Waals surface area contributed by atoms with Crippen molar-refractivity contribution in [3.63, 3.8) is 0 Å². The fraction of sp³-hybridized carbons (Fsp3) is 0.412. The van der Waals surface area contributed by atoms with E-state index in [0.29, 0.717) is 18.7 Å². The van der Waals surface area contributed by atoms with E-state index in [1.165, 1.54) is 11.3 Å². The Hall–Kier alpha value is -1.93. The molecule has 6 nitrogen and oxygen atoms in total. The highest BCUT2D eigenvalue weighted by Gasteiger charge is 2.32. The van der Waals surface area contributed by atoms with Gasteiger partial charge in [-0.15, -0.1) is 11.3 Å². The molecule has 134 valence electrons. The van der Waals surface area contributed by atoms with Gasteiger partial charge in [0.1, 0.15) is 17.4 Å². The van der Waals surface area contributed by atoms with Crippen LogP contribution < -0.4 is 4.74 Å². The number of benzene rings is 1. The number of carbonyl (C=O) groups excluding carboxylic acids is 1. The van der Waals surface area contributed by atoms with Gasteiger partial charge in [0.05, 0.1) is 23.6 Å². The minimum atomic E-state index is -3.00. The van der Waals surface area contributed by atoms with Crippen molar-refractivity contribution in [3.05, 3.63) is 46.4 Å². The summed E-state index contributed by atoms with van der Waals surface area (Å²) in [7, 11) is -1.33. The van der Waals surface area contributed by atoms with Gasteiger partial charge < -0.3 is 9.64 Å². The lowest BCUT2D eigenvalue weighted by atomic mass is 10.2. The Morgan fingerprint density at radius 1 is 1.36 bits per heavy atom. The number of likely N-dealkylation sites (N-methyl/N-ethyl adjacent to an activating group) is 1. The van der Waals surface area contributed by atoms with Crippen LogP contribution in [0.1, 0.15) is 17.1 Å². The van der Waals surface area contributed by atoms with E-state index in [0.717, 1.165) is 10.8 Å². The van der Waals surface area contributed by atoms with Crippen LogP contribution in [0, 0.1) is 0 Å². The average Bonchev–Trinajstić information content (AvgIpc) is 3.19. The number of carbonyl (C=O) groups is 1. The number of amides is 1. The molecule has 1 aromatic heterocycles. The second kappa shape index (κ2) is 7.53. The summed E-state index contributed by atoms with van der Waals surface area (Å²) in [5.41, 5.74) is 0.689. The van der Waals surface area contributed by atoms with Crippen LogP contribution in [-0.4, -0.2) is 48.8 Å². The third-order valence-electron chi connectivity index (χ3n) is 4.19. The quantitative estimate of drug-likeness (QED) is 0.765. The first-order valence-electron chi connectivity index (χ1n) is 8.00. The van der Waals surface area contributed by atoms with Crippen LogP contribution in [0.2, 0.25) is 0 Å². The smallest absolute Gasteiger partial charge is 0.228 e. The van der Waals surface area contributed by atoms with E-state index in [9.17, 15) is 13.2 Å². The molecule has 1 fully saturated rings. The molecule has 1 aliphatic rings. The molecule has 3 rings (SSSR count). The fourth-order valence-electron chi connectivity index (χ4n) is 2.72. The molecule has 0 unspecified atom stereocenters. The van der Waals surface area contributed by atoms with Crippen molar-refractivity contribution < 1.29 is 17.9 Å². The Labute approximate surface area is 151 Å². The predicted octanol–water partition coefficient (Wildman–Crippen LogP) is 1.91. The van der Waals surface area contributed by atoms with Crippen molar-refractivity contribution in [2.75, 3.05) is 18.6 Å². The molecular formula is C17H20N2O4S2. The number of nitrogens with zero attached hydrogens (tertiary/aromatic N) is 2. The molecule has 1 aromatic carbocycles. The summed E-state index contributed by atoms with van der Waals surface area (Å²) < 4.78 is 28.8. The molecule has 0 saturated carbocycles. The minimum Gasteiger partial charge on any atom is -0.486 e. The van der Waals surface area contributed by atoms with Crippen LogP contribution in [0.3, 0.4) is 0 Å². The summed E-state index contributed by atoms with van der Waals surface area (Å²) in [5.74, 6) is 0.885. The molecule has 0 N–H and O–H groups in total. The SMILES string of the molecule is CN(C(=O)Cc1csc(COc2ccccc2)n1)[C@H]1CCS(=O)(=O)C1. The van der Waals surface area contributed by atoms with E-state index in [2.05, 4.69) is 4.98 Å². The molecule has 0 bridgehead atoms. The van der Waals surface area contributed by atoms with Crippen molar-refractivity contribution in [2.24, 2.45) is 0 Å². The van der Waals surface area contributed by atoms with Gasteiger partial charge in [-0.05, 0) is 18.6 Å². The number of aromatic nitrogens is 1. The lowest BCUT2D eigenvalue weighted by molar-refractivity contribution is -0.130. The van der Waals surface area contributed by atoms with Gasteiger partial charge >= 0.3 is 0 Å². The van der Waals surface area contributed by atoms with Crippen LogP contribution in [-0.2, 0) is 27.7 Å². The number of rotatable bonds is 6. The Balaban J connectivity index is 1.53. The van der Waals surface area contributed by atoms with E-state index in [1.807, 2.05) is 35.7 Å². The van der Waals surface area contributed by atoms with Crippen molar-refractivity contribution in [2.45, 2.75) is 25.5 Å². The molecular weight excluding hydrogens is 360 g/mol. The third-order valence-corrected chi connectivity index (χ3v) is 6.81. The zero-order chi connectivity index (χ0) is 17.9. The molecule has 1 amide bonds.